The Morgan fingerprint density at radius 1 is 1.08 bits per heavy atom. The second kappa shape index (κ2) is 6.49. The van der Waals surface area contributed by atoms with Crippen LogP contribution in [0, 0.1) is 11.6 Å². The maximum atomic E-state index is 13.8. The van der Waals surface area contributed by atoms with Gasteiger partial charge in [-0.2, -0.15) is 4.31 Å². The predicted molar refractivity (Wildman–Crippen MR) is 85.5 cm³/mol. The molecule has 1 heterocycles. The molecule has 0 N–H and O–H groups in total. The molecule has 1 aliphatic heterocycles. The summed E-state index contributed by atoms with van der Waals surface area (Å²) in [5.74, 6) is -1.43. The lowest BCUT2D eigenvalue weighted by Gasteiger charge is -2.17. The van der Waals surface area contributed by atoms with E-state index in [-0.39, 0.29) is 19.0 Å². The third-order valence-electron chi connectivity index (χ3n) is 4.25. The van der Waals surface area contributed by atoms with Crippen molar-refractivity contribution in [2.45, 2.75) is 17.2 Å². The zero-order valence-corrected chi connectivity index (χ0v) is 13.9. The van der Waals surface area contributed by atoms with Crippen LogP contribution in [0.2, 0.25) is 0 Å². The first-order valence-electron chi connectivity index (χ1n) is 7.51. The van der Waals surface area contributed by atoms with Crippen LogP contribution < -0.4 is 4.74 Å². The highest BCUT2D eigenvalue weighted by Crippen LogP contribution is 2.33. The topological polar surface area (TPSA) is 46.6 Å². The molecule has 2 aromatic rings. The quantitative estimate of drug-likeness (QED) is 0.848. The van der Waals surface area contributed by atoms with Crippen molar-refractivity contribution in [3.63, 3.8) is 0 Å². The minimum Gasteiger partial charge on any atom is -0.497 e. The molecule has 2 aromatic carbocycles. The van der Waals surface area contributed by atoms with Crippen molar-refractivity contribution in [3.05, 3.63) is 59.7 Å². The van der Waals surface area contributed by atoms with Gasteiger partial charge in [0.15, 0.2) is 4.90 Å². The molecule has 1 aliphatic rings. The monoisotopic (exact) mass is 353 g/mol. The summed E-state index contributed by atoms with van der Waals surface area (Å²) in [5.41, 5.74) is 0.975. The van der Waals surface area contributed by atoms with Crippen LogP contribution in [-0.2, 0) is 10.0 Å². The Hall–Kier alpha value is -1.99. The molecule has 1 atom stereocenters. The summed E-state index contributed by atoms with van der Waals surface area (Å²) < 4.78 is 59.1. The number of hydrogen-bond acceptors (Lipinski definition) is 3. The van der Waals surface area contributed by atoms with Gasteiger partial charge in [-0.1, -0.05) is 18.2 Å². The van der Waals surface area contributed by atoms with Gasteiger partial charge in [-0.3, -0.25) is 0 Å². The molecule has 0 radical (unpaired) electrons. The molecule has 0 amide bonds. The maximum Gasteiger partial charge on any atom is 0.248 e. The molecule has 0 aromatic heterocycles. The summed E-state index contributed by atoms with van der Waals surface area (Å²) in [7, 11) is -2.62. The highest BCUT2D eigenvalue weighted by atomic mass is 32.2. The molecule has 1 saturated heterocycles. The first kappa shape index (κ1) is 16.9. The van der Waals surface area contributed by atoms with Crippen LogP contribution in [0.15, 0.2) is 47.4 Å². The smallest absolute Gasteiger partial charge is 0.248 e. The maximum absolute atomic E-state index is 13.8. The molecule has 4 nitrogen and oxygen atoms in total. The molecule has 7 heteroatoms. The minimum absolute atomic E-state index is 0.0134. The second-order valence-corrected chi connectivity index (χ2v) is 7.55. The van der Waals surface area contributed by atoms with E-state index >= 15 is 0 Å². The fourth-order valence-electron chi connectivity index (χ4n) is 2.95. The van der Waals surface area contributed by atoms with E-state index in [1.165, 1.54) is 0 Å². The molecule has 0 spiro atoms. The van der Waals surface area contributed by atoms with Gasteiger partial charge < -0.3 is 4.74 Å². The van der Waals surface area contributed by atoms with Crippen LogP contribution in [0.4, 0.5) is 8.78 Å². The van der Waals surface area contributed by atoms with Crippen LogP contribution in [0.25, 0.3) is 0 Å². The number of halogens is 2. The van der Waals surface area contributed by atoms with Crippen LogP contribution in [0.5, 0.6) is 5.75 Å². The van der Waals surface area contributed by atoms with E-state index in [4.69, 9.17) is 4.74 Å². The molecular formula is C17H17F2NO3S. The third kappa shape index (κ3) is 3.01. The van der Waals surface area contributed by atoms with Gasteiger partial charge in [0.25, 0.3) is 0 Å². The van der Waals surface area contributed by atoms with Crippen molar-refractivity contribution < 1.29 is 21.9 Å². The highest BCUT2D eigenvalue weighted by molar-refractivity contribution is 7.89. The van der Waals surface area contributed by atoms with Gasteiger partial charge >= 0.3 is 0 Å². The van der Waals surface area contributed by atoms with E-state index in [0.29, 0.717) is 6.42 Å². The van der Waals surface area contributed by atoms with E-state index in [9.17, 15) is 17.2 Å². The first-order chi connectivity index (χ1) is 11.4. The van der Waals surface area contributed by atoms with E-state index in [0.717, 1.165) is 33.8 Å². The van der Waals surface area contributed by atoms with Crippen molar-refractivity contribution in [1.82, 2.24) is 4.31 Å². The number of ether oxygens (including phenoxy) is 1. The zero-order chi connectivity index (χ0) is 17.3. The standard InChI is InChI=1S/C17H17F2NO3S/c1-23-14-7-5-12(6-8-14)13-9-10-20(11-13)24(21,22)17-15(18)3-2-4-16(17)19/h2-8,13H,9-11H2,1H3. The number of sulfonamides is 1. The Balaban J connectivity index is 1.84. The Kier molecular flexibility index (Phi) is 4.56. The molecule has 128 valence electrons. The molecule has 0 aliphatic carbocycles. The summed E-state index contributed by atoms with van der Waals surface area (Å²) in [6.07, 6.45) is 0.599. The highest BCUT2D eigenvalue weighted by Gasteiger charge is 2.36. The van der Waals surface area contributed by atoms with Gasteiger partial charge in [0.05, 0.1) is 7.11 Å². The third-order valence-corrected chi connectivity index (χ3v) is 6.17. The SMILES string of the molecule is COc1ccc(C2CCN(S(=O)(=O)c3c(F)cccc3F)C2)cc1. The summed E-state index contributed by atoms with van der Waals surface area (Å²) >= 11 is 0. The lowest BCUT2D eigenvalue weighted by atomic mass is 9.99. The number of methoxy groups -OCH3 is 1. The zero-order valence-electron chi connectivity index (χ0n) is 13.1. The molecule has 0 saturated carbocycles. The van der Waals surface area contributed by atoms with Crippen LogP contribution in [0.1, 0.15) is 17.9 Å². The average molecular weight is 353 g/mol. The van der Waals surface area contributed by atoms with Crippen molar-refractivity contribution in [2.24, 2.45) is 0 Å². The molecular weight excluding hydrogens is 336 g/mol. The van der Waals surface area contributed by atoms with Crippen LogP contribution in [-0.4, -0.2) is 32.9 Å². The molecule has 24 heavy (non-hydrogen) atoms. The Bertz CT molecular complexity index is 817. The predicted octanol–water partition coefficient (Wildman–Crippen LogP) is 3.15. The number of nitrogens with zero attached hydrogens (tertiary/aromatic N) is 1. The largest absolute Gasteiger partial charge is 0.497 e. The van der Waals surface area contributed by atoms with Gasteiger partial charge in [0.2, 0.25) is 10.0 Å². The van der Waals surface area contributed by atoms with E-state index < -0.39 is 26.6 Å². The molecule has 0 bridgehead atoms. The number of rotatable bonds is 4. The Morgan fingerprint density at radius 3 is 2.29 bits per heavy atom. The van der Waals surface area contributed by atoms with Gasteiger partial charge in [-0.25, -0.2) is 17.2 Å². The Morgan fingerprint density at radius 2 is 1.71 bits per heavy atom. The van der Waals surface area contributed by atoms with Gasteiger partial charge in [0, 0.05) is 13.1 Å². The summed E-state index contributed by atoms with van der Waals surface area (Å²) in [5, 5.41) is 0. The minimum atomic E-state index is -4.20. The lowest BCUT2D eigenvalue weighted by molar-refractivity contribution is 0.414. The fraction of sp³-hybridized carbons (Fsp3) is 0.294. The van der Waals surface area contributed by atoms with Gasteiger partial charge in [0.1, 0.15) is 17.4 Å². The van der Waals surface area contributed by atoms with E-state index in [1.54, 1.807) is 7.11 Å². The lowest BCUT2D eigenvalue weighted by Crippen LogP contribution is -2.30. The first-order valence-corrected chi connectivity index (χ1v) is 8.95. The second-order valence-electron chi connectivity index (χ2n) is 5.67. The van der Waals surface area contributed by atoms with Crippen molar-refractivity contribution >= 4 is 10.0 Å². The van der Waals surface area contributed by atoms with E-state index in [2.05, 4.69) is 0 Å². The van der Waals surface area contributed by atoms with E-state index in [1.807, 2.05) is 24.3 Å². The number of benzene rings is 2. The summed E-state index contributed by atoms with van der Waals surface area (Å²) in [6, 6.07) is 10.4. The van der Waals surface area contributed by atoms with Gasteiger partial charge in [-0.15, -0.1) is 0 Å². The van der Waals surface area contributed by atoms with Gasteiger partial charge in [-0.05, 0) is 42.2 Å². The van der Waals surface area contributed by atoms with Crippen LogP contribution in [0.3, 0.4) is 0 Å². The fourth-order valence-corrected chi connectivity index (χ4v) is 4.56. The molecule has 3 rings (SSSR count). The van der Waals surface area contributed by atoms with Crippen molar-refractivity contribution in [2.75, 3.05) is 20.2 Å². The average Bonchev–Trinajstić information content (AvgIpc) is 3.05. The molecule has 1 fully saturated rings. The van der Waals surface area contributed by atoms with Crippen LogP contribution >= 0.6 is 0 Å². The summed E-state index contributed by atoms with van der Waals surface area (Å²) in [6.45, 7) is 0.426. The number of hydrogen-bond donors (Lipinski definition) is 0. The van der Waals surface area contributed by atoms with Crippen molar-refractivity contribution in [1.29, 1.82) is 0 Å². The Labute approximate surface area is 139 Å². The summed E-state index contributed by atoms with van der Waals surface area (Å²) in [4.78, 5) is -0.875. The normalized spacial score (nSPS) is 18.7. The van der Waals surface area contributed by atoms with Crippen molar-refractivity contribution in [3.8, 4) is 5.75 Å². The molecule has 1 unspecified atom stereocenters.